The molecular weight excluding hydrogens is 451 g/mol. The van der Waals surface area contributed by atoms with E-state index in [4.69, 9.17) is 4.74 Å². The van der Waals surface area contributed by atoms with E-state index in [0.29, 0.717) is 15.8 Å². The zero-order valence-corrected chi connectivity index (χ0v) is 18.0. The van der Waals surface area contributed by atoms with Gasteiger partial charge in [0.15, 0.2) is 11.6 Å². The highest BCUT2D eigenvalue weighted by atomic mass is 19.4. The summed E-state index contributed by atoms with van der Waals surface area (Å²) in [5.74, 6) is 0.937. The minimum atomic E-state index is -4.91. The number of hydrogen-bond donors (Lipinski definition) is 2. The molecule has 34 heavy (non-hydrogen) atoms. The average molecular weight is 469 g/mol. The minimum Gasteiger partial charge on any atom is -0.475 e. The van der Waals surface area contributed by atoms with E-state index in [-0.39, 0.29) is 29.1 Å². The van der Waals surface area contributed by atoms with Crippen molar-refractivity contribution in [2.24, 2.45) is 0 Å². The van der Waals surface area contributed by atoms with Crippen molar-refractivity contribution in [1.29, 1.82) is 0 Å². The summed E-state index contributed by atoms with van der Waals surface area (Å²) in [6.45, 7) is 3.58. The quantitative estimate of drug-likeness (QED) is 0.547. The number of pyridine rings is 1. The molecule has 0 saturated heterocycles. The lowest BCUT2D eigenvalue weighted by Gasteiger charge is -2.19. The molecule has 2 N–H and O–H groups in total. The second-order valence-corrected chi connectivity index (χ2v) is 7.51. The van der Waals surface area contributed by atoms with Gasteiger partial charge in [-0.2, -0.15) is 18.3 Å². The van der Waals surface area contributed by atoms with Crippen molar-refractivity contribution in [2.45, 2.75) is 26.1 Å². The lowest BCUT2D eigenvalue weighted by Crippen LogP contribution is -2.21. The summed E-state index contributed by atoms with van der Waals surface area (Å²) in [4.78, 5) is 28.1. The van der Waals surface area contributed by atoms with Crippen LogP contribution in [0.1, 0.15) is 41.0 Å². The molecule has 0 atom stereocenters. The van der Waals surface area contributed by atoms with Gasteiger partial charge in [0.05, 0.1) is 23.6 Å². The molecule has 0 saturated carbocycles. The van der Waals surface area contributed by atoms with Gasteiger partial charge in [0.1, 0.15) is 5.70 Å². The number of carbonyl (C=O) groups excluding carboxylic acids is 2. The fourth-order valence-electron chi connectivity index (χ4n) is 3.46. The molecule has 0 aliphatic carbocycles. The number of nitrogens with one attached hydrogen (secondary N) is 2. The molecule has 8 nitrogen and oxygen atoms in total. The zero-order valence-electron chi connectivity index (χ0n) is 18.0. The Balaban J connectivity index is 1.76. The SMILES string of the molecule is CC(C)Oc1cc(NC(=O)c2cnn(-c3cccc4c3C=CNC4=C=O)c2C(F)(F)F)ccn1. The Bertz CT molecular complexity index is 1340. The molecule has 2 aromatic heterocycles. The first kappa shape index (κ1) is 22.8. The number of carbonyl (C=O) groups is 1. The molecule has 0 spiro atoms. The standard InChI is InChI=1S/C23H18F3N5O3/c1-13(2)34-20-10-14(6-8-28-20)30-22(33)17-11-29-31(21(17)23(24,25)26)19-5-3-4-15-16(19)7-9-27-18(15)12-32/h3-11,13,27H,1-2H3,(H,28,30,33). The molecule has 3 heterocycles. The molecule has 0 unspecified atom stereocenters. The number of amides is 1. The van der Waals surface area contributed by atoms with Gasteiger partial charge in [-0.1, -0.05) is 12.1 Å². The number of ether oxygens (including phenoxy) is 1. The third kappa shape index (κ3) is 4.41. The lowest BCUT2D eigenvalue weighted by molar-refractivity contribution is -0.143. The van der Waals surface area contributed by atoms with E-state index in [1.54, 1.807) is 25.9 Å². The zero-order chi connectivity index (χ0) is 24.5. The molecule has 11 heteroatoms. The van der Waals surface area contributed by atoms with Gasteiger partial charge < -0.3 is 15.4 Å². The van der Waals surface area contributed by atoms with Gasteiger partial charge in [-0.3, -0.25) is 4.79 Å². The highest BCUT2D eigenvalue weighted by Crippen LogP contribution is 2.36. The lowest BCUT2D eigenvalue weighted by atomic mass is 10.0. The average Bonchev–Trinajstić information content (AvgIpc) is 3.24. The van der Waals surface area contributed by atoms with E-state index in [2.05, 4.69) is 20.7 Å². The van der Waals surface area contributed by atoms with Crippen molar-refractivity contribution in [3.8, 4) is 11.6 Å². The largest absolute Gasteiger partial charge is 0.475 e. The summed E-state index contributed by atoms with van der Waals surface area (Å²) in [6.07, 6.45) is 0.0681. The van der Waals surface area contributed by atoms with Crippen LogP contribution in [0.5, 0.6) is 5.88 Å². The summed E-state index contributed by atoms with van der Waals surface area (Å²) in [5.41, 5.74) is -0.903. The van der Waals surface area contributed by atoms with E-state index in [0.717, 1.165) is 6.20 Å². The monoisotopic (exact) mass is 469 g/mol. The minimum absolute atomic E-state index is 0.0471. The number of rotatable bonds is 5. The fraction of sp³-hybridized carbons (Fsp3) is 0.174. The van der Waals surface area contributed by atoms with Crippen LogP contribution in [0.15, 0.2) is 48.9 Å². The van der Waals surface area contributed by atoms with Gasteiger partial charge in [-0.05, 0) is 32.1 Å². The molecule has 0 fully saturated rings. The normalized spacial score (nSPS) is 12.7. The van der Waals surface area contributed by atoms with Crippen molar-refractivity contribution in [3.05, 3.63) is 71.3 Å². The number of anilines is 1. The van der Waals surface area contributed by atoms with E-state index in [1.807, 2.05) is 0 Å². The van der Waals surface area contributed by atoms with Crippen molar-refractivity contribution in [3.63, 3.8) is 0 Å². The van der Waals surface area contributed by atoms with Crippen molar-refractivity contribution < 1.29 is 27.5 Å². The van der Waals surface area contributed by atoms with Gasteiger partial charge in [0, 0.05) is 35.3 Å². The third-order valence-corrected chi connectivity index (χ3v) is 4.79. The molecule has 0 radical (unpaired) electrons. The summed E-state index contributed by atoms with van der Waals surface area (Å²) in [6, 6.07) is 7.32. The van der Waals surface area contributed by atoms with Gasteiger partial charge in [-0.15, -0.1) is 0 Å². The molecule has 1 aliphatic rings. The summed E-state index contributed by atoms with van der Waals surface area (Å²) in [5, 5.41) is 9.00. The number of fused-ring (bicyclic) bond motifs is 1. The summed E-state index contributed by atoms with van der Waals surface area (Å²) >= 11 is 0. The van der Waals surface area contributed by atoms with Crippen LogP contribution >= 0.6 is 0 Å². The highest BCUT2D eigenvalue weighted by molar-refractivity contribution is 6.05. The van der Waals surface area contributed by atoms with Gasteiger partial charge in [0.2, 0.25) is 5.88 Å². The molecular formula is C23H18F3N5O3. The first-order valence-corrected chi connectivity index (χ1v) is 10.1. The van der Waals surface area contributed by atoms with Crippen LogP contribution in [0, 0.1) is 0 Å². The molecule has 1 aromatic carbocycles. The van der Waals surface area contributed by atoms with Crippen LogP contribution in [0.3, 0.4) is 0 Å². The predicted molar refractivity (Wildman–Crippen MR) is 118 cm³/mol. The number of benzene rings is 1. The van der Waals surface area contributed by atoms with Crippen LogP contribution < -0.4 is 15.4 Å². The third-order valence-electron chi connectivity index (χ3n) is 4.79. The number of alkyl halides is 3. The van der Waals surface area contributed by atoms with E-state index >= 15 is 0 Å². The second kappa shape index (κ2) is 8.87. The Hall–Kier alpha value is -4.37. The Morgan fingerprint density at radius 3 is 2.76 bits per heavy atom. The van der Waals surface area contributed by atoms with Gasteiger partial charge >= 0.3 is 6.18 Å². The molecule has 1 aliphatic heterocycles. The fourth-order valence-corrected chi connectivity index (χ4v) is 3.46. The molecule has 1 amide bonds. The maximum absolute atomic E-state index is 14.1. The van der Waals surface area contributed by atoms with Crippen LogP contribution in [0.2, 0.25) is 0 Å². The maximum atomic E-state index is 14.1. The maximum Gasteiger partial charge on any atom is 0.434 e. The smallest absolute Gasteiger partial charge is 0.434 e. The van der Waals surface area contributed by atoms with Crippen molar-refractivity contribution in [2.75, 3.05) is 5.32 Å². The molecule has 4 rings (SSSR count). The van der Waals surface area contributed by atoms with Crippen molar-refractivity contribution in [1.82, 2.24) is 20.1 Å². The Morgan fingerprint density at radius 2 is 2.06 bits per heavy atom. The molecule has 3 aromatic rings. The van der Waals surface area contributed by atoms with Crippen LogP contribution in [0.4, 0.5) is 18.9 Å². The first-order valence-electron chi connectivity index (χ1n) is 10.1. The van der Waals surface area contributed by atoms with E-state index in [1.165, 1.54) is 42.7 Å². The molecule has 0 bridgehead atoms. The second-order valence-electron chi connectivity index (χ2n) is 7.51. The van der Waals surface area contributed by atoms with Gasteiger partial charge in [0.25, 0.3) is 5.91 Å². The number of hydrogen-bond acceptors (Lipinski definition) is 6. The summed E-state index contributed by atoms with van der Waals surface area (Å²) in [7, 11) is 0. The topological polar surface area (TPSA) is 98.1 Å². The predicted octanol–water partition coefficient (Wildman–Crippen LogP) is 4.07. The van der Waals surface area contributed by atoms with E-state index in [9.17, 15) is 22.8 Å². The number of halogens is 3. The van der Waals surface area contributed by atoms with Crippen molar-refractivity contribution >= 4 is 29.3 Å². The van der Waals surface area contributed by atoms with Gasteiger partial charge in [-0.25, -0.2) is 14.5 Å². The molecule has 174 valence electrons. The Labute approximate surface area is 191 Å². The Kier molecular flexibility index (Phi) is 5.95. The first-order chi connectivity index (χ1) is 16.2. The Morgan fingerprint density at radius 1 is 1.26 bits per heavy atom. The van der Waals surface area contributed by atoms with Crippen LogP contribution in [-0.2, 0) is 11.0 Å². The number of aromatic nitrogens is 3. The number of nitrogens with zero attached hydrogens (tertiary/aromatic N) is 3. The van der Waals surface area contributed by atoms with E-state index < -0.39 is 23.3 Å². The van der Waals surface area contributed by atoms with Crippen LogP contribution in [-0.4, -0.2) is 32.7 Å². The van der Waals surface area contributed by atoms with Crippen LogP contribution in [0.25, 0.3) is 17.5 Å². The highest BCUT2D eigenvalue weighted by Gasteiger charge is 2.41. The summed E-state index contributed by atoms with van der Waals surface area (Å²) < 4.78 is 48.5.